The highest BCUT2D eigenvalue weighted by Gasteiger charge is 2.53. The fourth-order valence-electron chi connectivity index (χ4n) is 9.40. The van der Waals surface area contributed by atoms with E-state index in [1.165, 1.54) is 76.4 Å². The summed E-state index contributed by atoms with van der Waals surface area (Å²) in [5.74, 6) is 0. The summed E-state index contributed by atoms with van der Waals surface area (Å²) < 4.78 is 0. The number of hydrogen-bond acceptors (Lipinski definition) is 1. The van der Waals surface area contributed by atoms with Crippen LogP contribution in [0.25, 0.3) is 55.6 Å². The average molecular weight is 728 g/mol. The molecule has 0 unspecified atom stereocenters. The highest BCUT2D eigenvalue weighted by Crippen LogP contribution is 2.40. The largest absolute Gasteiger partial charge is 0.311 e. The molecule has 2 heterocycles. The first-order chi connectivity index (χ1) is 27.8. The lowest BCUT2D eigenvalue weighted by Crippen LogP contribution is -2.70. The van der Waals surface area contributed by atoms with Gasteiger partial charge in [-0.2, -0.15) is 0 Å². The molecule has 0 aromatic heterocycles. The predicted octanol–water partition coefficient (Wildman–Crippen LogP) is 11.5. The molecule has 0 radical (unpaired) electrons. The van der Waals surface area contributed by atoms with Crippen molar-refractivity contribution in [1.82, 2.24) is 0 Å². The van der Waals surface area contributed by atoms with Crippen molar-refractivity contribution in [1.29, 1.82) is 0 Å². The minimum atomic E-state index is -2.43. The van der Waals surface area contributed by atoms with Gasteiger partial charge in [0.1, 0.15) is 0 Å². The second kappa shape index (κ2) is 13.1. The van der Waals surface area contributed by atoms with Crippen LogP contribution in [0.1, 0.15) is 0 Å². The lowest BCUT2D eigenvalue weighted by molar-refractivity contribution is 1.28. The topological polar surface area (TPSA) is 3.24 Å². The van der Waals surface area contributed by atoms with Crippen LogP contribution in [0.15, 0.2) is 224 Å². The van der Waals surface area contributed by atoms with Crippen molar-refractivity contribution >= 4 is 45.9 Å². The smallest absolute Gasteiger partial charge is 0.182 e. The molecule has 11 rings (SSSR count). The van der Waals surface area contributed by atoms with Gasteiger partial charge in [0.2, 0.25) is 0 Å². The zero-order valence-corrected chi connectivity index (χ0v) is 31.8. The SMILES string of the molecule is c1ccc(-c2ccc(N(c3ccc(-c4ccccc4)cc3)c3ccc(-c4ccc5c(c4)-c4ccccc4[Si]54c5ccccc5-c5ccccc54)cc3)cc2)cc1. The fraction of sp³-hybridized carbons (Fsp3) is 0. The van der Waals surface area contributed by atoms with Crippen molar-refractivity contribution in [3.8, 4) is 55.6 Å². The van der Waals surface area contributed by atoms with Crippen LogP contribution in [0.2, 0.25) is 0 Å². The summed E-state index contributed by atoms with van der Waals surface area (Å²) in [6.45, 7) is 0. The average Bonchev–Trinajstić information content (AvgIpc) is 3.75. The molecule has 0 N–H and O–H groups in total. The molecule has 0 atom stereocenters. The summed E-state index contributed by atoms with van der Waals surface area (Å²) >= 11 is 0. The van der Waals surface area contributed by atoms with Crippen LogP contribution < -0.4 is 25.6 Å². The zero-order chi connectivity index (χ0) is 37.1. The van der Waals surface area contributed by atoms with E-state index in [0.29, 0.717) is 0 Å². The number of benzene rings is 9. The van der Waals surface area contributed by atoms with Gasteiger partial charge in [0.15, 0.2) is 8.07 Å². The lowest BCUT2D eigenvalue weighted by atomic mass is 9.98. The molecule has 0 bridgehead atoms. The van der Waals surface area contributed by atoms with Gasteiger partial charge in [0.05, 0.1) is 0 Å². The van der Waals surface area contributed by atoms with Crippen LogP contribution in [0, 0.1) is 0 Å². The van der Waals surface area contributed by atoms with Crippen molar-refractivity contribution in [3.63, 3.8) is 0 Å². The maximum absolute atomic E-state index is 2.46. The van der Waals surface area contributed by atoms with E-state index in [9.17, 15) is 0 Å². The summed E-state index contributed by atoms with van der Waals surface area (Å²) in [5, 5.41) is 6.03. The summed E-state index contributed by atoms with van der Waals surface area (Å²) in [6, 6.07) is 82.9. The van der Waals surface area contributed by atoms with Gasteiger partial charge >= 0.3 is 0 Å². The number of rotatable bonds is 6. The number of nitrogens with zero attached hydrogens (tertiary/aromatic N) is 1. The van der Waals surface area contributed by atoms with Crippen LogP contribution in [0.4, 0.5) is 17.1 Å². The van der Waals surface area contributed by atoms with Gasteiger partial charge < -0.3 is 4.90 Å². The van der Waals surface area contributed by atoms with Crippen molar-refractivity contribution in [3.05, 3.63) is 224 Å². The van der Waals surface area contributed by atoms with E-state index in [1.807, 2.05) is 0 Å². The van der Waals surface area contributed by atoms with Gasteiger partial charge in [0, 0.05) is 17.1 Å². The van der Waals surface area contributed by atoms with Crippen LogP contribution in [-0.4, -0.2) is 8.07 Å². The molecular weight excluding hydrogens is 691 g/mol. The van der Waals surface area contributed by atoms with Gasteiger partial charge in [-0.15, -0.1) is 0 Å². The van der Waals surface area contributed by atoms with Crippen molar-refractivity contribution in [2.24, 2.45) is 0 Å². The molecule has 0 fully saturated rings. The molecule has 2 aliphatic rings. The Bertz CT molecular complexity index is 2750. The second-order valence-electron chi connectivity index (χ2n) is 14.9. The minimum Gasteiger partial charge on any atom is -0.311 e. The van der Waals surface area contributed by atoms with Crippen molar-refractivity contribution in [2.75, 3.05) is 4.90 Å². The van der Waals surface area contributed by atoms with Gasteiger partial charge in [-0.3, -0.25) is 0 Å². The molecule has 0 saturated carbocycles. The van der Waals surface area contributed by atoms with E-state index in [2.05, 4.69) is 229 Å². The Morgan fingerprint density at radius 3 is 0.964 bits per heavy atom. The van der Waals surface area contributed by atoms with Crippen LogP contribution in [-0.2, 0) is 0 Å². The third-order valence-electron chi connectivity index (χ3n) is 11.9. The molecule has 1 spiro atoms. The van der Waals surface area contributed by atoms with E-state index in [0.717, 1.165) is 17.1 Å². The van der Waals surface area contributed by atoms with E-state index >= 15 is 0 Å². The number of fused-ring (bicyclic) bond motifs is 10. The molecule has 2 heteroatoms. The number of anilines is 3. The standard InChI is InChI=1S/C54H37NSi/c1-3-13-38(14-4-1)40-23-30-44(31-24-40)55(45-32-25-41(26-33-45)39-15-5-2-6-16-39)46-34-27-42(28-35-46)43-29-36-54-50(37-43)49-19-9-12-22-53(49)56(54)51-20-10-7-17-47(51)48-18-8-11-21-52(48)56/h1-37H. The van der Waals surface area contributed by atoms with Crippen molar-refractivity contribution in [2.45, 2.75) is 0 Å². The summed E-state index contributed by atoms with van der Waals surface area (Å²) in [7, 11) is -2.43. The van der Waals surface area contributed by atoms with E-state index in [1.54, 1.807) is 0 Å². The maximum Gasteiger partial charge on any atom is 0.182 e. The van der Waals surface area contributed by atoms with E-state index in [4.69, 9.17) is 0 Å². The Morgan fingerprint density at radius 2 is 0.536 bits per heavy atom. The zero-order valence-electron chi connectivity index (χ0n) is 30.8. The lowest BCUT2D eigenvalue weighted by Gasteiger charge is -2.27. The monoisotopic (exact) mass is 727 g/mol. The molecular formula is C54H37NSi. The van der Waals surface area contributed by atoms with E-state index in [-0.39, 0.29) is 0 Å². The highest BCUT2D eigenvalue weighted by molar-refractivity contribution is 7.24. The fourth-order valence-corrected chi connectivity index (χ4v) is 15.0. The molecule has 9 aromatic carbocycles. The highest BCUT2D eigenvalue weighted by atomic mass is 28.3. The van der Waals surface area contributed by atoms with Crippen LogP contribution in [0.3, 0.4) is 0 Å². The Hall–Kier alpha value is -7.00. The Morgan fingerprint density at radius 1 is 0.232 bits per heavy atom. The van der Waals surface area contributed by atoms with Crippen LogP contribution in [0.5, 0.6) is 0 Å². The minimum absolute atomic E-state index is 1.12. The molecule has 0 saturated heterocycles. The third kappa shape index (κ3) is 5.00. The molecule has 262 valence electrons. The Kier molecular flexibility index (Phi) is 7.58. The first-order valence-electron chi connectivity index (χ1n) is 19.4. The van der Waals surface area contributed by atoms with Gasteiger partial charge in [-0.1, -0.05) is 182 Å². The molecule has 9 aromatic rings. The van der Waals surface area contributed by atoms with Crippen molar-refractivity contribution < 1.29 is 0 Å². The van der Waals surface area contributed by atoms with Crippen LogP contribution >= 0.6 is 0 Å². The second-order valence-corrected chi connectivity index (χ2v) is 18.5. The first kappa shape index (κ1) is 32.4. The van der Waals surface area contributed by atoms with E-state index < -0.39 is 8.07 Å². The Labute approximate surface area is 329 Å². The molecule has 1 nitrogen and oxygen atoms in total. The molecule has 56 heavy (non-hydrogen) atoms. The van der Waals surface area contributed by atoms with Gasteiger partial charge in [-0.05, 0) is 119 Å². The normalized spacial score (nSPS) is 12.8. The summed E-state index contributed by atoms with van der Waals surface area (Å²) in [6.07, 6.45) is 0. The maximum atomic E-state index is 2.46. The third-order valence-corrected chi connectivity index (χ3v) is 16.9. The quantitative estimate of drug-likeness (QED) is 0.154. The molecule has 2 aliphatic heterocycles. The summed E-state index contributed by atoms with van der Waals surface area (Å²) in [5.41, 5.74) is 16.2. The molecule has 0 amide bonds. The Balaban J connectivity index is 0.993. The number of hydrogen-bond donors (Lipinski definition) is 0. The predicted molar refractivity (Wildman–Crippen MR) is 239 cm³/mol. The van der Waals surface area contributed by atoms with Gasteiger partial charge in [0.25, 0.3) is 0 Å². The first-order valence-corrected chi connectivity index (χ1v) is 21.4. The summed E-state index contributed by atoms with van der Waals surface area (Å²) in [4.78, 5) is 2.36. The molecule has 0 aliphatic carbocycles. The van der Waals surface area contributed by atoms with Gasteiger partial charge in [-0.25, -0.2) is 0 Å².